The lowest BCUT2D eigenvalue weighted by molar-refractivity contribution is 0.102. The van der Waals surface area contributed by atoms with Gasteiger partial charge in [0.05, 0.1) is 17.7 Å². The lowest BCUT2D eigenvalue weighted by atomic mass is 10.1. The van der Waals surface area contributed by atoms with E-state index >= 15 is 0 Å². The van der Waals surface area contributed by atoms with Crippen LogP contribution in [0.15, 0.2) is 77.3 Å². The van der Waals surface area contributed by atoms with Gasteiger partial charge in [-0.1, -0.05) is 50.2 Å². The lowest BCUT2D eigenvalue weighted by Crippen LogP contribution is -2.12. The van der Waals surface area contributed by atoms with E-state index in [1.165, 1.54) is 5.56 Å². The molecule has 32 heavy (non-hydrogen) atoms. The first kappa shape index (κ1) is 23.9. The molecule has 5 heteroatoms. The number of rotatable bonds is 11. The third-order valence-electron chi connectivity index (χ3n) is 4.96. The van der Waals surface area contributed by atoms with Gasteiger partial charge >= 0.3 is 0 Å². The van der Waals surface area contributed by atoms with Gasteiger partial charge < -0.3 is 14.8 Å². The summed E-state index contributed by atoms with van der Waals surface area (Å²) < 4.78 is 12.4. The average Bonchev–Trinajstić information content (AvgIpc) is 2.78. The van der Waals surface area contributed by atoms with Crippen LogP contribution in [0.5, 0.6) is 11.5 Å². The molecule has 0 unspecified atom stereocenters. The Balaban J connectivity index is 1.51. The zero-order valence-corrected chi connectivity index (χ0v) is 20.2. The van der Waals surface area contributed by atoms with Gasteiger partial charge in [0.15, 0.2) is 0 Å². The minimum Gasteiger partial charge on any atom is -0.494 e. The van der Waals surface area contributed by atoms with Gasteiger partial charge in [-0.25, -0.2) is 0 Å². The summed E-state index contributed by atoms with van der Waals surface area (Å²) in [5.41, 5.74) is 2.56. The highest BCUT2D eigenvalue weighted by molar-refractivity contribution is 9.10. The van der Waals surface area contributed by atoms with E-state index in [0.29, 0.717) is 30.4 Å². The maximum absolute atomic E-state index is 12.7. The van der Waals surface area contributed by atoms with Gasteiger partial charge in [-0.2, -0.15) is 0 Å². The smallest absolute Gasteiger partial charge is 0.255 e. The van der Waals surface area contributed by atoms with Crippen molar-refractivity contribution >= 4 is 27.5 Å². The second kappa shape index (κ2) is 12.3. The molecular weight excluding hydrogens is 466 g/mol. The van der Waals surface area contributed by atoms with E-state index in [0.717, 1.165) is 35.2 Å². The van der Waals surface area contributed by atoms with Crippen molar-refractivity contribution < 1.29 is 14.3 Å². The SMILES string of the molecule is CC(C)CCOc1ccc(C(=O)Nc2cccc(OCCCc3ccccc3)c2)cc1Br. The molecule has 3 aromatic carbocycles. The maximum Gasteiger partial charge on any atom is 0.255 e. The number of benzene rings is 3. The first-order chi connectivity index (χ1) is 15.5. The molecule has 0 bridgehead atoms. The Morgan fingerprint density at radius 3 is 2.50 bits per heavy atom. The van der Waals surface area contributed by atoms with E-state index in [-0.39, 0.29) is 5.91 Å². The van der Waals surface area contributed by atoms with Crippen LogP contribution in [0.1, 0.15) is 42.6 Å². The molecule has 4 nitrogen and oxygen atoms in total. The summed E-state index contributed by atoms with van der Waals surface area (Å²) in [6.07, 6.45) is 2.89. The molecule has 0 radical (unpaired) electrons. The fourth-order valence-corrected chi connectivity index (χ4v) is 3.63. The quantitative estimate of drug-likeness (QED) is 0.287. The zero-order chi connectivity index (χ0) is 22.8. The summed E-state index contributed by atoms with van der Waals surface area (Å²) in [5.74, 6) is 1.89. The van der Waals surface area contributed by atoms with Gasteiger partial charge in [0.1, 0.15) is 11.5 Å². The molecule has 0 fully saturated rings. The van der Waals surface area contributed by atoms with Crippen LogP contribution in [0, 0.1) is 5.92 Å². The molecule has 168 valence electrons. The highest BCUT2D eigenvalue weighted by atomic mass is 79.9. The first-order valence-electron chi connectivity index (χ1n) is 11.0. The number of carbonyl (C=O) groups excluding carboxylic acids is 1. The molecule has 0 saturated carbocycles. The fourth-order valence-electron chi connectivity index (χ4n) is 3.14. The normalized spacial score (nSPS) is 10.8. The number of hydrogen-bond acceptors (Lipinski definition) is 3. The number of anilines is 1. The van der Waals surface area contributed by atoms with E-state index in [1.54, 1.807) is 12.1 Å². The van der Waals surface area contributed by atoms with Crippen LogP contribution in [0.3, 0.4) is 0 Å². The second-order valence-electron chi connectivity index (χ2n) is 8.10. The predicted molar refractivity (Wildman–Crippen MR) is 134 cm³/mol. The lowest BCUT2D eigenvalue weighted by Gasteiger charge is -2.12. The number of amides is 1. The molecule has 0 aliphatic rings. The van der Waals surface area contributed by atoms with Crippen LogP contribution >= 0.6 is 15.9 Å². The third kappa shape index (κ3) is 7.72. The largest absolute Gasteiger partial charge is 0.494 e. The molecule has 0 aliphatic heterocycles. The van der Waals surface area contributed by atoms with Crippen molar-refractivity contribution in [2.45, 2.75) is 33.1 Å². The van der Waals surface area contributed by atoms with E-state index < -0.39 is 0 Å². The van der Waals surface area contributed by atoms with Crippen LogP contribution < -0.4 is 14.8 Å². The van der Waals surface area contributed by atoms with Crippen molar-refractivity contribution in [1.82, 2.24) is 0 Å². The van der Waals surface area contributed by atoms with Gasteiger partial charge in [-0.05, 0) is 77.0 Å². The highest BCUT2D eigenvalue weighted by Crippen LogP contribution is 2.27. The van der Waals surface area contributed by atoms with Crippen molar-refractivity contribution in [3.8, 4) is 11.5 Å². The number of halogens is 1. The van der Waals surface area contributed by atoms with Gasteiger partial charge in [0.2, 0.25) is 0 Å². The molecule has 0 atom stereocenters. The van der Waals surface area contributed by atoms with Crippen molar-refractivity contribution in [2.75, 3.05) is 18.5 Å². The minimum absolute atomic E-state index is 0.180. The summed E-state index contributed by atoms with van der Waals surface area (Å²) in [6.45, 7) is 5.60. The van der Waals surface area contributed by atoms with Crippen molar-refractivity contribution in [2.24, 2.45) is 5.92 Å². The van der Waals surface area contributed by atoms with E-state index in [4.69, 9.17) is 9.47 Å². The molecule has 0 spiro atoms. The average molecular weight is 496 g/mol. The summed E-state index contributed by atoms with van der Waals surface area (Å²) in [4.78, 5) is 12.7. The van der Waals surface area contributed by atoms with Crippen LogP contribution in [-0.4, -0.2) is 19.1 Å². The fraction of sp³-hybridized carbons (Fsp3) is 0.296. The maximum atomic E-state index is 12.7. The third-order valence-corrected chi connectivity index (χ3v) is 5.58. The van der Waals surface area contributed by atoms with Gasteiger partial charge in [0, 0.05) is 17.3 Å². The number of aryl methyl sites for hydroxylation is 1. The molecule has 0 aromatic heterocycles. The number of ether oxygens (including phenoxy) is 2. The summed E-state index contributed by atoms with van der Waals surface area (Å²) >= 11 is 3.51. The summed E-state index contributed by atoms with van der Waals surface area (Å²) in [7, 11) is 0. The zero-order valence-electron chi connectivity index (χ0n) is 18.6. The van der Waals surface area contributed by atoms with Gasteiger partial charge in [-0.3, -0.25) is 4.79 Å². The number of nitrogens with one attached hydrogen (secondary N) is 1. The Bertz CT molecular complexity index is 1000. The van der Waals surface area contributed by atoms with E-state index in [1.807, 2.05) is 48.5 Å². The second-order valence-corrected chi connectivity index (χ2v) is 8.95. The van der Waals surface area contributed by atoms with Crippen molar-refractivity contribution in [3.05, 3.63) is 88.4 Å². The Hall–Kier alpha value is -2.79. The molecular formula is C27H30BrNO3. The molecule has 0 heterocycles. The summed E-state index contributed by atoms with van der Waals surface area (Å²) in [6, 6.07) is 23.2. The van der Waals surface area contributed by atoms with Crippen LogP contribution in [-0.2, 0) is 6.42 Å². The predicted octanol–water partition coefficient (Wildman–Crippen LogP) is 7.14. The van der Waals surface area contributed by atoms with Gasteiger partial charge in [0.25, 0.3) is 5.91 Å². The Labute approximate surface area is 199 Å². The molecule has 1 amide bonds. The molecule has 3 aromatic rings. The molecule has 3 rings (SSSR count). The molecule has 1 N–H and O–H groups in total. The van der Waals surface area contributed by atoms with E-state index in [2.05, 4.69) is 47.2 Å². The number of carbonyl (C=O) groups is 1. The standard InChI is InChI=1S/C27H30BrNO3/c1-20(2)15-17-32-26-14-13-22(18-25(26)28)27(30)29-23-11-6-12-24(19-23)31-16-7-10-21-8-4-3-5-9-21/h3-6,8-9,11-14,18-20H,7,10,15-17H2,1-2H3,(H,29,30). The van der Waals surface area contributed by atoms with Gasteiger partial charge in [-0.15, -0.1) is 0 Å². The molecule has 0 saturated heterocycles. The Kier molecular flexibility index (Phi) is 9.17. The highest BCUT2D eigenvalue weighted by Gasteiger charge is 2.10. The monoisotopic (exact) mass is 495 g/mol. The van der Waals surface area contributed by atoms with Crippen molar-refractivity contribution in [3.63, 3.8) is 0 Å². The van der Waals surface area contributed by atoms with Crippen LogP contribution in [0.4, 0.5) is 5.69 Å². The topological polar surface area (TPSA) is 47.6 Å². The minimum atomic E-state index is -0.180. The molecule has 0 aliphatic carbocycles. The van der Waals surface area contributed by atoms with Crippen LogP contribution in [0.2, 0.25) is 0 Å². The van der Waals surface area contributed by atoms with E-state index in [9.17, 15) is 4.79 Å². The summed E-state index contributed by atoms with van der Waals surface area (Å²) in [5, 5.41) is 2.94. The Morgan fingerprint density at radius 2 is 1.75 bits per heavy atom. The van der Waals surface area contributed by atoms with Crippen molar-refractivity contribution in [1.29, 1.82) is 0 Å². The van der Waals surface area contributed by atoms with Crippen LogP contribution in [0.25, 0.3) is 0 Å². The Morgan fingerprint density at radius 1 is 0.938 bits per heavy atom. The first-order valence-corrected chi connectivity index (χ1v) is 11.8. The number of hydrogen-bond donors (Lipinski definition) is 1.